The number of ether oxygens (including phenoxy) is 1. The van der Waals surface area contributed by atoms with Crippen LogP contribution in [0, 0.1) is 10.1 Å². The highest BCUT2D eigenvalue weighted by Crippen LogP contribution is 2.33. The molecule has 1 fully saturated rings. The van der Waals surface area contributed by atoms with E-state index >= 15 is 0 Å². The minimum absolute atomic E-state index is 0.229. The van der Waals surface area contributed by atoms with E-state index < -0.39 is 22.4 Å². The summed E-state index contributed by atoms with van der Waals surface area (Å²) >= 11 is 0. The maximum absolute atomic E-state index is 12.6. The van der Waals surface area contributed by atoms with Crippen molar-refractivity contribution in [3.63, 3.8) is 0 Å². The van der Waals surface area contributed by atoms with E-state index in [0.717, 1.165) is 12.1 Å². The van der Waals surface area contributed by atoms with Crippen molar-refractivity contribution in [2.75, 3.05) is 26.2 Å². The molecule has 3 heterocycles. The maximum Gasteiger partial charge on any atom is 0.416 e. The third kappa shape index (κ3) is 3.95. The van der Waals surface area contributed by atoms with Crippen LogP contribution in [0.25, 0.3) is 0 Å². The summed E-state index contributed by atoms with van der Waals surface area (Å²) in [4.78, 5) is 16.3. The van der Waals surface area contributed by atoms with Crippen molar-refractivity contribution in [1.82, 2.24) is 19.5 Å². The van der Waals surface area contributed by atoms with E-state index in [1.807, 2.05) is 11.9 Å². The zero-order valence-electron chi connectivity index (χ0n) is 16.0. The van der Waals surface area contributed by atoms with Gasteiger partial charge in [0.1, 0.15) is 6.20 Å². The molecule has 2 aliphatic heterocycles. The molecule has 0 N–H and O–H groups in total. The fourth-order valence-electron chi connectivity index (χ4n) is 3.57. The van der Waals surface area contributed by atoms with Gasteiger partial charge in [-0.25, -0.2) is 0 Å². The van der Waals surface area contributed by atoms with E-state index in [1.165, 1.54) is 18.3 Å². The fourth-order valence-corrected chi connectivity index (χ4v) is 3.57. The SMILES string of the molecule is C[C@@]1(N2CCN(N=Cc3ccc(C(F)(F)F)cc3)CC2)Cn2cc([N+](=O)[O-])nc2O1. The number of halogens is 3. The second kappa shape index (κ2) is 7.27. The third-order valence-corrected chi connectivity index (χ3v) is 5.22. The summed E-state index contributed by atoms with van der Waals surface area (Å²) in [5.74, 6) is -0.241. The highest BCUT2D eigenvalue weighted by molar-refractivity contribution is 5.79. The van der Waals surface area contributed by atoms with Gasteiger partial charge in [-0.3, -0.25) is 14.5 Å². The van der Waals surface area contributed by atoms with Gasteiger partial charge in [-0.2, -0.15) is 18.3 Å². The Morgan fingerprint density at radius 3 is 2.47 bits per heavy atom. The molecule has 0 saturated carbocycles. The zero-order chi connectivity index (χ0) is 21.5. The number of piperazine rings is 1. The molecule has 0 aliphatic carbocycles. The number of hydrogen-bond acceptors (Lipinski definition) is 7. The number of benzene rings is 1. The number of rotatable bonds is 4. The molecule has 1 aromatic heterocycles. The smallest absolute Gasteiger partial charge is 0.416 e. The molecule has 1 saturated heterocycles. The fraction of sp³-hybridized carbons (Fsp3) is 0.444. The monoisotopic (exact) mass is 424 g/mol. The van der Waals surface area contributed by atoms with Gasteiger partial charge in [-0.15, -0.1) is 0 Å². The number of imidazole rings is 1. The van der Waals surface area contributed by atoms with E-state index in [9.17, 15) is 23.3 Å². The van der Waals surface area contributed by atoms with Gasteiger partial charge >= 0.3 is 18.0 Å². The summed E-state index contributed by atoms with van der Waals surface area (Å²) in [6.07, 6.45) is -1.45. The van der Waals surface area contributed by atoms with Crippen LogP contribution in [0.15, 0.2) is 35.6 Å². The molecule has 0 unspecified atom stereocenters. The van der Waals surface area contributed by atoms with Crippen molar-refractivity contribution in [2.24, 2.45) is 5.10 Å². The van der Waals surface area contributed by atoms with Gasteiger partial charge in [-0.05, 0) is 29.5 Å². The second-order valence-corrected chi connectivity index (χ2v) is 7.35. The van der Waals surface area contributed by atoms with Gasteiger partial charge in [0.25, 0.3) is 0 Å². The molecule has 0 radical (unpaired) electrons. The first-order valence-corrected chi connectivity index (χ1v) is 9.26. The van der Waals surface area contributed by atoms with Gasteiger partial charge in [0.05, 0.1) is 18.3 Å². The third-order valence-electron chi connectivity index (χ3n) is 5.22. The largest absolute Gasteiger partial charge is 0.422 e. The minimum Gasteiger partial charge on any atom is -0.422 e. The summed E-state index contributed by atoms with van der Waals surface area (Å²) in [6, 6.07) is 5.07. The number of nitrogens with zero attached hydrogens (tertiary/aromatic N) is 6. The van der Waals surface area contributed by atoms with Gasteiger partial charge < -0.3 is 14.9 Å². The lowest BCUT2D eigenvalue weighted by atomic mass is 10.1. The molecular formula is C18H19F3N6O3. The number of hydrazone groups is 1. The Kier molecular flexibility index (Phi) is 4.88. The Morgan fingerprint density at radius 2 is 1.90 bits per heavy atom. The first kappa shape index (κ1) is 20.1. The topological polar surface area (TPSA) is 89.0 Å². The highest BCUT2D eigenvalue weighted by Gasteiger charge is 2.45. The van der Waals surface area contributed by atoms with Crippen molar-refractivity contribution in [1.29, 1.82) is 0 Å². The summed E-state index contributed by atoms with van der Waals surface area (Å²) in [6.45, 7) is 4.85. The van der Waals surface area contributed by atoms with Gasteiger partial charge in [0, 0.05) is 31.2 Å². The lowest BCUT2D eigenvalue weighted by Gasteiger charge is -2.41. The normalized spacial score (nSPS) is 22.3. The molecule has 0 amide bonds. The standard InChI is InChI=1S/C18H19F3N6O3/c1-17(12-24-11-15(27(28)29)23-16(24)30-17)25-6-8-26(9-7-25)22-10-13-2-4-14(5-3-13)18(19,20)21/h2-5,10-11H,6-9,12H2,1H3/t17-/m0/s1. The molecular weight excluding hydrogens is 405 g/mol. The molecule has 30 heavy (non-hydrogen) atoms. The van der Waals surface area contributed by atoms with Gasteiger partial charge in [0.15, 0.2) is 5.72 Å². The first-order chi connectivity index (χ1) is 14.1. The van der Waals surface area contributed by atoms with E-state index in [2.05, 4.69) is 15.0 Å². The summed E-state index contributed by atoms with van der Waals surface area (Å²) in [5, 5.41) is 17.0. The average molecular weight is 424 g/mol. The van der Waals surface area contributed by atoms with Crippen LogP contribution in [0.1, 0.15) is 18.1 Å². The predicted octanol–water partition coefficient (Wildman–Crippen LogP) is 2.57. The Labute approximate surface area is 169 Å². The number of fused-ring (bicyclic) bond motifs is 1. The molecule has 1 atom stereocenters. The molecule has 1 aromatic carbocycles. The number of nitro groups is 1. The molecule has 2 aromatic rings. The van der Waals surface area contributed by atoms with Crippen LogP contribution in [-0.4, -0.2) is 62.5 Å². The van der Waals surface area contributed by atoms with Gasteiger partial charge in [-0.1, -0.05) is 12.1 Å². The van der Waals surface area contributed by atoms with Crippen LogP contribution in [0.3, 0.4) is 0 Å². The van der Waals surface area contributed by atoms with E-state index in [-0.39, 0.29) is 11.8 Å². The van der Waals surface area contributed by atoms with Gasteiger partial charge in [0.2, 0.25) is 0 Å². The van der Waals surface area contributed by atoms with Crippen molar-refractivity contribution < 1.29 is 22.8 Å². The lowest BCUT2D eigenvalue weighted by Crippen LogP contribution is -2.57. The molecule has 160 valence electrons. The van der Waals surface area contributed by atoms with Crippen LogP contribution in [0.2, 0.25) is 0 Å². The summed E-state index contributed by atoms with van der Waals surface area (Å²) in [5.41, 5.74) is -0.757. The van der Waals surface area contributed by atoms with Crippen LogP contribution in [0.4, 0.5) is 19.0 Å². The second-order valence-electron chi connectivity index (χ2n) is 7.35. The van der Waals surface area contributed by atoms with E-state index in [1.54, 1.807) is 10.8 Å². The van der Waals surface area contributed by atoms with E-state index in [4.69, 9.17) is 4.74 Å². The molecule has 9 nitrogen and oxygen atoms in total. The number of alkyl halides is 3. The van der Waals surface area contributed by atoms with Crippen LogP contribution in [0.5, 0.6) is 6.01 Å². The van der Waals surface area contributed by atoms with Crippen LogP contribution in [-0.2, 0) is 12.7 Å². The zero-order valence-corrected chi connectivity index (χ0v) is 16.0. The molecule has 4 rings (SSSR count). The Bertz CT molecular complexity index is 941. The lowest BCUT2D eigenvalue weighted by molar-refractivity contribution is -0.389. The minimum atomic E-state index is -4.36. The average Bonchev–Trinajstić information content (AvgIpc) is 3.22. The Balaban J connectivity index is 1.32. The summed E-state index contributed by atoms with van der Waals surface area (Å²) in [7, 11) is 0. The van der Waals surface area contributed by atoms with Crippen LogP contribution >= 0.6 is 0 Å². The predicted molar refractivity (Wildman–Crippen MR) is 100 cm³/mol. The van der Waals surface area contributed by atoms with Crippen molar-refractivity contribution >= 4 is 12.0 Å². The maximum atomic E-state index is 12.6. The van der Waals surface area contributed by atoms with E-state index in [0.29, 0.717) is 38.3 Å². The molecule has 0 spiro atoms. The molecule has 2 aliphatic rings. The summed E-state index contributed by atoms with van der Waals surface area (Å²) < 4.78 is 45.4. The number of hydrogen-bond donors (Lipinski definition) is 0. The molecule has 0 bridgehead atoms. The molecule has 12 heteroatoms. The number of aromatic nitrogens is 2. The Hall–Kier alpha value is -3.15. The van der Waals surface area contributed by atoms with Crippen LogP contribution < -0.4 is 4.74 Å². The van der Waals surface area contributed by atoms with Crippen molar-refractivity contribution in [2.45, 2.75) is 25.4 Å². The Morgan fingerprint density at radius 1 is 1.23 bits per heavy atom. The van der Waals surface area contributed by atoms with Crippen molar-refractivity contribution in [3.8, 4) is 6.01 Å². The van der Waals surface area contributed by atoms with Crippen molar-refractivity contribution in [3.05, 3.63) is 51.7 Å². The first-order valence-electron chi connectivity index (χ1n) is 9.26. The highest BCUT2D eigenvalue weighted by atomic mass is 19.4. The quantitative estimate of drug-likeness (QED) is 0.426.